The zero-order chi connectivity index (χ0) is 16.8. The van der Waals surface area contributed by atoms with Crippen molar-refractivity contribution in [2.75, 3.05) is 39.3 Å². The summed E-state index contributed by atoms with van der Waals surface area (Å²) in [5.74, 6) is 0.886. The fourth-order valence-corrected chi connectivity index (χ4v) is 3.51. The summed E-state index contributed by atoms with van der Waals surface area (Å²) in [5, 5.41) is 12.1. The summed E-state index contributed by atoms with van der Waals surface area (Å²) in [4.78, 5) is 9.42. The lowest BCUT2D eigenvalue weighted by Gasteiger charge is -2.33. The molecule has 0 spiro atoms. The molecule has 0 unspecified atom stereocenters. The molecule has 6 heteroatoms. The van der Waals surface area contributed by atoms with E-state index in [1.54, 1.807) is 11.3 Å². The van der Waals surface area contributed by atoms with Crippen molar-refractivity contribution in [1.29, 1.82) is 0 Å². The summed E-state index contributed by atoms with van der Waals surface area (Å²) in [6.07, 6.45) is 0. The number of benzene rings is 1. The number of aryl methyl sites for hydroxylation is 1. The number of hydrogen-bond acceptors (Lipinski definition) is 6. The summed E-state index contributed by atoms with van der Waals surface area (Å²) < 4.78 is 5.80. The van der Waals surface area contributed by atoms with E-state index in [1.807, 2.05) is 12.1 Å². The van der Waals surface area contributed by atoms with E-state index in [9.17, 15) is 0 Å². The highest BCUT2D eigenvalue weighted by Gasteiger charge is 2.17. The van der Waals surface area contributed by atoms with Crippen LogP contribution in [0.5, 0.6) is 5.75 Å². The second-order valence-corrected chi connectivity index (χ2v) is 7.12. The molecule has 5 nitrogen and oxygen atoms in total. The topological polar surface area (TPSA) is 48.8 Å². The molecule has 1 N–H and O–H groups in total. The number of thiazole rings is 1. The lowest BCUT2D eigenvalue weighted by Crippen LogP contribution is -2.46. The first-order valence-corrected chi connectivity index (χ1v) is 9.29. The summed E-state index contributed by atoms with van der Waals surface area (Å²) in [6, 6.07) is 8.10. The smallest absolute Gasteiger partial charge is 0.140 e. The van der Waals surface area contributed by atoms with Crippen LogP contribution in [0.2, 0.25) is 0 Å². The number of ether oxygens (including phenoxy) is 1. The number of piperazine rings is 1. The van der Waals surface area contributed by atoms with Gasteiger partial charge in [-0.1, -0.05) is 17.7 Å². The molecule has 24 heavy (non-hydrogen) atoms. The average Bonchev–Trinajstić information content (AvgIpc) is 3.04. The summed E-state index contributed by atoms with van der Waals surface area (Å²) in [7, 11) is 0. The highest BCUT2D eigenvalue weighted by Crippen LogP contribution is 2.17. The number of aromatic nitrogens is 1. The molecule has 3 rings (SSSR count). The molecule has 0 saturated carbocycles. The third-order valence-corrected chi connectivity index (χ3v) is 5.12. The maximum absolute atomic E-state index is 8.99. The van der Waals surface area contributed by atoms with E-state index < -0.39 is 0 Å². The Morgan fingerprint density at radius 3 is 2.54 bits per heavy atom. The summed E-state index contributed by atoms with van der Waals surface area (Å²) >= 11 is 1.66. The first-order valence-electron chi connectivity index (χ1n) is 8.41. The Hall–Kier alpha value is -1.47. The lowest BCUT2D eigenvalue weighted by atomic mass is 10.2. The van der Waals surface area contributed by atoms with Gasteiger partial charge in [0, 0.05) is 44.6 Å². The third kappa shape index (κ3) is 5.01. The van der Waals surface area contributed by atoms with Gasteiger partial charge in [0.25, 0.3) is 0 Å². The van der Waals surface area contributed by atoms with Gasteiger partial charge in [-0.3, -0.25) is 9.80 Å². The molecular formula is C18H25N3O2S. The Bertz CT molecular complexity index is 621. The summed E-state index contributed by atoms with van der Waals surface area (Å²) in [5.41, 5.74) is 2.36. The maximum atomic E-state index is 8.99. The Morgan fingerprint density at radius 2 is 1.83 bits per heavy atom. The minimum Gasteiger partial charge on any atom is -0.486 e. The van der Waals surface area contributed by atoms with Crippen LogP contribution in [-0.2, 0) is 13.2 Å². The molecule has 130 valence electrons. The van der Waals surface area contributed by atoms with Gasteiger partial charge in [0.1, 0.15) is 17.4 Å². The molecule has 1 aromatic heterocycles. The third-order valence-electron chi connectivity index (χ3n) is 4.25. The monoisotopic (exact) mass is 347 g/mol. The molecule has 0 aliphatic carbocycles. The minimum atomic E-state index is 0.246. The number of rotatable bonds is 7. The van der Waals surface area contributed by atoms with Crippen LogP contribution in [0.1, 0.15) is 16.3 Å². The molecule has 1 aromatic carbocycles. The molecule has 1 saturated heterocycles. The number of aliphatic hydroxyl groups excluding tert-OH is 1. The van der Waals surface area contributed by atoms with Crippen LogP contribution in [0.3, 0.4) is 0 Å². The van der Waals surface area contributed by atoms with Crippen molar-refractivity contribution in [2.45, 2.75) is 20.1 Å². The molecular weight excluding hydrogens is 322 g/mol. The predicted octanol–water partition coefficient (Wildman–Crippen LogP) is 2.14. The van der Waals surface area contributed by atoms with Gasteiger partial charge in [-0.05, 0) is 19.1 Å². The van der Waals surface area contributed by atoms with Gasteiger partial charge in [0.2, 0.25) is 0 Å². The zero-order valence-electron chi connectivity index (χ0n) is 14.1. The Labute approximate surface area is 147 Å². The highest BCUT2D eigenvalue weighted by molar-refractivity contribution is 7.09. The van der Waals surface area contributed by atoms with Crippen LogP contribution in [0.4, 0.5) is 0 Å². The van der Waals surface area contributed by atoms with Crippen LogP contribution >= 0.6 is 11.3 Å². The summed E-state index contributed by atoms with van der Waals surface area (Å²) in [6.45, 7) is 8.63. The second-order valence-electron chi connectivity index (χ2n) is 6.18. The van der Waals surface area contributed by atoms with Crippen molar-refractivity contribution < 1.29 is 9.84 Å². The number of β-amino-alcohol motifs (C(OH)–C–C–N with tert-alkyl or cyclic N) is 1. The molecule has 2 aromatic rings. The van der Waals surface area contributed by atoms with E-state index in [4.69, 9.17) is 14.8 Å². The van der Waals surface area contributed by atoms with Gasteiger partial charge in [0.15, 0.2) is 0 Å². The van der Waals surface area contributed by atoms with Gasteiger partial charge in [-0.15, -0.1) is 11.3 Å². The molecule has 1 fully saturated rings. The first-order chi connectivity index (χ1) is 11.7. The van der Waals surface area contributed by atoms with Crippen molar-refractivity contribution in [1.82, 2.24) is 14.8 Å². The number of hydrogen-bond donors (Lipinski definition) is 1. The van der Waals surface area contributed by atoms with Gasteiger partial charge >= 0.3 is 0 Å². The first kappa shape index (κ1) is 17.4. The molecule has 0 radical (unpaired) electrons. The van der Waals surface area contributed by atoms with Crippen molar-refractivity contribution in [3.05, 3.63) is 45.9 Å². The van der Waals surface area contributed by atoms with E-state index >= 15 is 0 Å². The number of nitrogens with zero attached hydrogens (tertiary/aromatic N) is 3. The van der Waals surface area contributed by atoms with Gasteiger partial charge in [-0.25, -0.2) is 4.98 Å². The van der Waals surface area contributed by atoms with E-state index in [0.29, 0.717) is 6.61 Å². The fraction of sp³-hybridized carbons (Fsp3) is 0.500. The van der Waals surface area contributed by atoms with Crippen LogP contribution in [0, 0.1) is 6.92 Å². The van der Waals surface area contributed by atoms with Crippen molar-refractivity contribution >= 4 is 11.3 Å². The lowest BCUT2D eigenvalue weighted by molar-refractivity contribution is 0.108. The van der Waals surface area contributed by atoms with Crippen LogP contribution in [-0.4, -0.2) is 59.2 Å². The van der Waals surface area contributed by atoms with Crippen molar-refractivity contribution in [3.63, 3.8) is 0 Å². The standard InChI is InChI=1S/C18H25N3O2S/c1-15-2-4-17(5-3-15)23-13-18-19-16(14-24-18)12-21-8-6-20(7-9-21)10-11-22/h2-5,14,22H,6-13H2,1H3. The Morgan fingerprint density at radius 1 is 1.12 bits per heavy atom. The van der Waals surface area contributed by atoms with E-state index in [-0.39, 0.29) is 6.61 Å². The van der Waals surface area contributed by atoms with E-state index in [2.05, 4.69) is 34.2 Å². The van der Waals surface area contributed by atoms with E-state index in [1.165, 1.54) is 5.56 Å². The number of aliphatic hydroxyl groups is 1. The minimum absolute atomic E-state index is 0.246. The van der Waals surface area contributed by atoms with Gasteiger partial charge in [-0.2, -0.15) is 0 Å². The van der Waals surface area contributed by atoms with E-state index in [0.717, 1.165) is 55.7 Å². The second kappa shape index (κ2) is 8.58. The quantitative estimate of drug-likeness (QED) is 0.832. The molecule has 0 bridgehead atoms. The van der Waals surface area contributed by atoms with Crippen LogP contribution in [0.15, 0.2) is 29.6 Å². The Balaban J connectivity index is 1.45. The predicted molar refractivity (Wildman–Crippen MR) is 96.4 cm³/mol. The van der Waals surface area contributed by atoms with Crippen molar-refractivity contribution in [3.8, 4) is 5.75 Å². The molecule has 0 amide bonds. The van der Waals surface area contributed by atoms with Gasteiger partial charge < -0.3 is 9.84 Å². The maximum Gasteiger partial charge on any atom is 0.140 e. The van der Waals surface area contributed by atoms with Gasteiger partial charge in [0.05, 0.1) is 12.3 Å². The highest BCUT2D eigenvalue weighted by atomic mass is 32.1. The Kier molecular flexibility index (Phi) is 6.20. The normalized spacial score (nSPS) is 16.4. The SMILES string of the molecule is Cc1ccc(OCc2nc(CN3CCN(CCO)CC3)cs2)cc1. The average molecular weight is 347 g/mol. The van der Waals surface area contributed by atoms with Crippen LogP contribution in [0.25, 0.3) is 0 Å². The largest absolute Gasteiger partial charge is 0.486 e. The fourth-order valence-electron chi connectivity index (χ4n) is 2.81. The molecule has 0 atom stereocenters. The molecule has 2 heterocycles. The van der Waals surface area contributed by atoms with Crippen molar-refractivity contribution in [2.24, 2.45) is 0 Å². The molecule has 1 aliphatic rings. The zero-order valence-corrected chi connectivity index (χ0v) is 15.0. The molecule has 1 aliphatic heterocycles. The van der Waals surface area contributed by atoms with Crippen LogP contribution < -0.4 is 4.74 Å².